The van der Waals surface area contributed by atoms with Crippen molar-refractivity contribution < 1.29 is 22.3 Å². The van der Waals surface area contributed by atoms with E-state index in [1.807, 2.05) is 20.8 Å². The van der Waals surface area contributed by atoms with Crippen LogP contribution in [0.2, 0.25) is 5.02 Å². The van der Waals surface area contributed by atoms with Gasteiger partial charge in [0.1, 0.15) is 10.7 Å². The Kier molecular flexibility index (Phi) is 5.35. The molecule has 0 aromatic heterocycles. The van der Waals surface area contributed by atoms with Gasteiger partial charge in [-0.2, -0.15) is 0 Å². The molecule has 0 fully saturated rings. The van der Waals surface area contributed by atoms with E-state index >= 15 is 0 Å². The van der Waals surface area contributed by atoms with Gasteiger partial charge in [0.25, 0.3) is 0 Å². The Balaban J connectivity index is 3.00. The molecule has 0 aliphatic rings. The van der Waals surface area contributed by atoms with Crippen LogP contribution in [0.25, 0.3) is 0 Å². The molecule has 0 aliphatic heterocycles. The van der Waals surface area contributed by atoms with E-state index in [0.717, 1.165) is 12.1 Å². The lowest BCUT2D eigenvalue weighted by molar-refractivity contribution is 0.0459. The number of hydrogen-bond acceptors (Lipinski definition) is 4. The van der Waals surface area contributed by atoms with Crippen molar-refractivity contribution in [1.29, 1.82) is 0 Å². The van der Waals surface area contributed by atoms with Crippen molar-refractivity contribution in [1.82, 2.24) is 0 Å². The fourth-order valence-electron chi connectivity index (χ4n) is 1.43. The van der Waals surface area contributed by atoms with Crippen LogP contribution in [0.4, 0.5) is 4.39 Å². The molecular weight excluding hydrogens is 321 g/mol. The van der Waals surface area contributed by atoms with Crippen LogP contribution in [0, 0.1) is 11.2 Å². The first-order valence-corrected chi connectivity index (χ1v) is 8.03. The minimum Gasteiger partial charge on any atom is -0.462 e. The first-order chi connectivity index (χ1) is 9.42. The number of sulfonamides is 1. The molecular formula is C13H17ClFNO4S. The Morgan fingerprint density at radius 3 is 2.43 bits per heavy atom. The number of esters is 1. The molecule has 1 rings (SSSR count). The Labute approximate surface area is 128 Å². The van der Waals surface area contributed by atoms with Crippen molar-refractivity contribution in [2.75, 3.05) is 6.61 Å². The maximum atomic E-state index is 13.7. The van der Waals surface area contributed by atoms with Gasteiger partial charge in [0.05, 0.1) is 17.2 Å². The number of halogens is 2. The van der Waals surface area contributed by atoms with Crippen molar-refractivity contribution in [3.8, 4) is 0 Å². The third-order valence-electron chi connectivity index (χ3n) is 2.63. The minimum absolute atomic E-state index is 0.0510. The second-order valence-electron chi connectivity index (χ2n) is 5.75. The fraction of sp³-hybridized carbons (Fsp3) is 0.462. The summed E-state index contributed by atoms with van der Waals surface area (Å²) < 4.78 is 41.3. The van der Waals surface area contributed by atoms with Crippen LogP contribution >= 0.6 is 11.6 Å². The van der Waals surface area contributed by atoms with E-state index in [2.05, 4.69) is 0 Å². The molecule has 0 unspecified atom stereocenters. The summed E-state index contributed by atoms with van der Waals surface area (Å²) in [5.41, 5.74) is -0.567. The van der Waals surface area contributed by atoms with Gasteiger partial charge in [0, 0.05) is 0 Å². The summed E-state index contributed by atoms with van der Waals surface area (Å²) in [7, 11) is -4.16. The molecule has 1 aromatic carbocycles. The fourth-order valence-corrected chi connectivity index (χ4v) is 2.52. The highest BCUT2D eigenvalue weighted by atomic mass is 35.5. The molecule has 8 heteroatoms. The van der Waals surface area contributed by atoms with Crippen LogP contribution in [-0.2, 0) is 14.8 Å². The summed E-state index contributed by atoms with van der Waals surface area (Å²) in [6.45, 7) is 5.98. The monoisotopic (exact) mass is 337 g/mol. The van der Waals surface area contributed by atoms with E-state index in [1.165, 1.54) is 0 Å². The lowest BCUT2D eigenvalue weighted by Crippen LogP contribution is -2.17. The van der Waals surface area contributed by atoms with Gasteiger partial charge in [-0.05, 0) is 24.0 Å². The zero-order valence-corrected chi connectivity index (χ0v) is 13.5. The SMILES string of the molecule is CC(C)(C)CCOC(=O)c1cc(S(N)(=O)=O)c(Cl)cc1F. The summed E-state index contributed by atoms with van der Waals surface area (Å²) in [4.78, 5) is 11.3. The molecule has 0 saturated carbocycles. The highest BCUT2D eigenvalue weighted by molar-refractivity contribution is 7.89. The largest absolute Gasteiger partial charge is 0.462 e. The average molecular weight is 338 g/mol. The van der Waals surface area contributed by atoms with Gasteiger partial charge in [-0.3, -0.25) is 0 Å². The zero-order chi connectivity index (χ0) is 16.4. The van der Waals surface area contributed by atoms with Crippen molar-refractivity contribution in [3.63, 3.8) is 0 Å². The van der Waals surface area contributed by atoms with Gasteiger partial charge in [0.15, 0.2) is 0 Å². The molecule has 0 heterocycles. The van der Waals surface area contributed by atoms with E-state index < -0.39 is 32.3 Å². The molecule has 1 aromatic rings. The summed E-state index contributed by atoms with van der Waals surface area (Å²) in [6.07, 6.45) is 0.579. The molecule has 0 amide bonds. The Hall–Kier alpha value is -1.18. The number of hydrogen-bond donors (Lipinski definition) is 1. The number of ether oxygens (including phenoxy) is 1. The third-order valence-corrected chi connectivity index (χ3v) is 4.01. The first-order valence-electron chi connectivity index (χ1n) is 6.11. The topological polar surface area (TPSA) is 86.5 Å². The molecule has 2 N–H and O–H groups in total. The molecule has 0 spiro atoms. The maximum Gasteiger partial charge on any atom is 0.341 e. The van der Waals surface area contributed by atoms with E-state index in [-0.39, 0.29) is 17.0 Å². The summed E-state index contributed by atoms with van der Waals surface area (Å²) in [6, 6.07) is 1.51. The molecule has 0 aliphatic carbocycles. The van der Waals surface area contributed by atoms with Gasteiger partial charge in [0.2, 0.25) is 10.0 Å². The smallest absolute Gasteiger partial charge is 0.341 e. The van der Waals surface area contributed by atoms with Crippen molar-refractivity contribution >= 4 is 27.6 Å². The highest BCUT2D eigenvalue weighted by Crippen LogP contribution is 2.25. The van der Waals surface area contributed by atoms with Gasteiger partial charge in [-0.25, -0.2) is 22.7 Å². The lowest BCUT2D eigenvalue weighted by Gasteiger charge is -2.17. The van der Waals surface area contributed by atoms with E-state index in [4.69, 9.17) is 21.5 Å². The van der Waals surface area contributed by atoms with Crippen LogP contribution in [0.15, 0.2) is 17.0 Å². The predicted molar refractivity (Wildman–Crippen MR) is 77.1 cm³/mol. The number of primary sulfonamides is 1. The molecule has 0 radical (unpaired) electrons. The number of benzene rings is 1. The van der Waals surface area contributed by atoms with Crippen LogP contribution in [0.5, 0.6) is 0 Å². The second kappa shape index (κ2) is 6.29. The van der Waals surface area contributed by atoms with Crippen molar-refractivity contribution in [2.24, 2.45) is 10.6 Å². The molecule has 5 nitrogen and oxygen atoms in total. The number of nitrogens with two attached hydrogens (primary N) is 1. The van der Waals surface area contributed by atoms with Gasteiger partial charge in [-0.15, -0.1) is 0 Å². The van der Waals surface area contributed by atoms with Gasteiger partial charge >= 0.3 is 5.97 Å². The third kappa shape index (κ3) is 5.26. The average Bonchev–Trinajstić information content (AvgIpc) is 2.24. The van der Waals surface area contributed by atoms with E-state index in [0.29, 0.717) is 6.42 Å². The van der Waals surface area contributed by atoms with Crippen LogP contribution in [0.1, 0.15) is 37.6 Å². The minimum atomic E-state index is -4.16. The summed E-state index contributed by atoms with van der Waals surface area (Å²) in [5.74, 6) is -1.92. The maximum absolute atomic E-state index is 13.7. The van der Waals surface area contributed by atoms with E-state index in [1.54, 1.807) is 0 Å². The standard InChI is InChI=1S/C13H17ClFNO4S/c1-13(2,3)4-5-20-12(17)8-6-11(21(16,18)19)9(14)7-10(8)15/h6-7H,4-5H2,1-3H3,(H2,16,18,19). The number of carbonyl (C=O) groups excluding carboxylic acids is 1. The Morgan fingerprint density at radius 2 is 1.95 bits per heavy atom. The van der Waals surface area contributed by atoms with E-state index in [9.17, 15) is 17.6 Å². The van der Waals surface area contributed by atoms with Crippen molar-refractivity contribution in [2.45, 2.75) is 32.1 Å². The highest BCUT2D eigenvalue weighted by Gasteiger charge is 2.22. The Bertz CT molecular complexity index is 653. The van der Waals surface area contributed by atoms with Crippen LogP contribution < -0.4 is 5.14 Å². The number of rotatable bonds is 4. The summed E-state index contributed by atoms with van der Waals surface area (Å²) >= 11 is 5.60. The normalized spacial score (nSPS) is 12.3. The first kappa shape index (κ1) is 17.9. The van der Waals surface area contributed by atoms with Gasteiger partial charge < -0.3 is 4.74 Å². The lowest BCUT2D eigenvalue weighted by atomic mass is 9.93. The van der Waals surface area contributed by atoms with Crippen molar-refractivity contribution in [3.05, 3.63) is 28.5 Å². The predicted octanol–water partition coefficient (Wildman–Crippen LogP) is 2.72. The second-order valence-corrected chi connectivity index (χ2v) is 7.69. The molecule has 118 valence electrons. The molecule has 0 bridgehead atoms. The molecule has 21 heavy (non-hydrogen) atoms. The zero-order valence-electron chi connectivity index (χ0n) is 11.9. The van der Waals surface area contributed by atoms with Crippen LogP contribution in [-0.4, -0.2) is 21.0 Å². The summed E-state index contributed by atoms with van der Waals surface area (Å²) in [5, 5.41) is 4.56. The number of carbonyl (C=O) groups is 1. The van der Waals surface area contributed by atoms with Crippen LogP contribution in [0.3, 0.4) is 0 Å². The molecule has 0 saturated heterocycles. The quantitative estimate of drug-likeness (QED) is 0.856. The Morgan fingerprint density at radius 1 is 1.38 bits per heavy atom. The molecule has 0 atom stereocenters. The van der Waals surface area contributed by atoms with Gasteiger partial charge in [-0.1, -0.05) is 32.4 Å².